The van der Waals surface area contributed by atoms with Gasteiger partial charge in [0.1, 0.15) is 5.60 Å². The van der Waals surface area contributed by atoms with Gasteiger partial charge in [-0.2, -0.15) is 0 Å². The smallest absolute Gasteiger partial charge is 0.410 e. The third-order valence-electron chi connectivity index (χ3n) is 3.29. The standard InChI is InChI=1S/C16H24N2O3/c1-12-5-7-17-14(9-12)20-11-13-6-8-18(10-13)15(19)21-16(2,3)4/h5,7,9,13H,6,8,10-11H2,1-4H3. The quantitative estimate of drug-likeness (QED) is 0.859. The van der Waals surface area contributed by atoms with Crippen molar-refractivity contribution in [3.63, 3.8) is 0 Å². The first-order valence-corrected chi connectivity index (χ1v) is 7.37. The minimum Gasteiger partial charge on any atom is -0.477 e. The SMILES string of the molecule is Cc1ccnc(OCC2CCN(C(=O)OC(C)(C)C)C2)c1. The average molecular weight is 292 g/mol. The molecule has 0 N–H and O–H groups in total. The van der Waals surface area contributed by atoms with E-state index < -0.39 is 5.60 Å². The lowest BCUT2D eigenvalue weighted by molar-refractivity contribution is 0.0284. The molecule has 1 aliphatic heterocycles. The van der Waals surface area contributed by atoms with E-state index in [2.05, 4.69) is 4.98 Å². The summed E-state index contributed by atoms with van der Waals surface area (Å²) in [5.41, 5.74) is 0.679. The predicted octanol–water partition coefficient (Wildman–Crippen LogP) is 3.03. The molecule has 1 unspecified atom stereocenters. The molecule has 0 spiro atoms. The summed E-state index contributed by atoms with van der Waals surface area (Å²) >= 11 is 0. The van der Waals surface area contributed by atoms with Crippen LogP contribution in [-0.4, -0.2) is 41.3 Å². The number of likely N-dealkylation sites (tertiary alicyclic amines) is 1. The van der Waals surface area contributed by atoms with Gasteiger partial charge in [-0.3, -0.25) is 0 Å². The zero-order valence-corrected chi connectivity index (χ0v) is 13.3. The summed E-state index contributed by atoms with van der Waals surface area (Å²) < 4.78 is 11.1. The van der Waals surface area contributed by atoms with E-state index in [0.29, 0.717) is 24.9 Å². The molecule has 0 aliphatic carbocycles. The summed E-state index contributed by atoms with van der Waals surface area (Å²) in [6.07, 6.45) is 2.44. The second-order valence-corrected chi connectivity index (χ2v) is 6.56. The predicted molar refractivity (Wildman–Crippen MR) is 80.4 cm³/mol. The molecular weight excluding hydrogens is 268 g/mol. The van der Waals surface area contributed by atoms with E-state index in [1.165, 1.54) is 0 Å². The van der Waals surface area contributed by atoms with Crippen molar-refractivity contribution in [1.82, 2.24) is 9.88 Å². The normalized spacial score (nSPS) is 18.7. The molecule has 5 heteroatoms. The van der Waals surface area contributed by atoms with Crippen molar-refractivity contribution in [3.05, 3.63) is 23.9 Å². The van der Waals surface area contributed by atoms with E-state index >= 15 is 0 Å². The van der Waals surface area contributed by atoms with Crippen molar-refractivity contribution in [2.75, 3.05) is 19.7 Å². The van der Waals surface area contributed by atoms with Crippen LogP contribution in [0.1, 0.15) is 32.8 Å². The lowest BCUT2D eigenvalue weighted by Crippen LogP contribution is -2.35. The summed E-state index contributed by atoms with van der Waals surface area (Å²) in [5, 5.41) is 0. The number of hydrogen-bond donors (Lipinski definition) is 0. The van der Waals surface area contributed by atoms with Crippen LogP contribution < -0.4 is 4.74 Å². The van der Waals surface area contributed by atoms with Gasteiger partial charge in [0.05, 0.1) is 6.61 Å². The van der Waals surface area contributed by atoms with Crippen molar-refractivity contribution in [3.8, 4) is 5.88 Å². The minimum atomic E-state index is -0.447. The van der Waals surface area contributed by atoms with Gasteiger partial charge >= 0.3 is 6.09 Å². The Kier molecular flexibility index (Phi) is 4.70. The lowest BCUT2D eigenvalue weighted by atomic mass is 10.1. The summed E-state index contributed by atoms with van der Waals surface area (Å²) in [6, 6.07) is 3.85. The Labute approximate surface area is 126 Å². The van der Waals surface area contributed by atoms with Crippen molar-refractivity contribution < 1.29 is 14.3 Å². The molecule has 0 saturated carbocycles. The van der Waals surface area contributed by atoms with Gasteiger partial charge in [0.2, 0.25) is 5.88 Å². The highest BCUT2D eigenvalue weighted by Gasteiger charge is 2.30. The fourth-order valence-corrected chi connectivity index (χ4v) is 2.25. The van der Waals surface area contributed by atoms with Crippen LogP contribution in [0.5, 0.6) is 5.88 Å². The highest BCUT2D eigenvalue weighted by molar-refractivity contribution is 5.68. The maximum absolute atomic E-state index is 12.0. The van der Waals surface area contributed by atoms with Gasteiger partial charge in [-0.25, -0.2) is 9.78 Å². The van der Waals surface area contributed by atoms with Crippen LogP contribution in [0, 0.1) is 12.8 Å². The summed E-state index contributed by atoms with van der Waals surface area (Å²) in [5.74, 6) is 0.977. The number of carbonyl (C=O) groups excluding carboxylic acids is 1. The molecule has 0 bridgehead atoms. The second kappa shape index (κ2) is 6.33. The second-order valence-electron chi connectivity index (χ2n) is 6.56. The number of pyridine rings is 1. The van der Waals surface area contributed by atoms with Crippen molar-refractivity contribution in [2.24, 2.45) is 5.92 Å². The van der Waals surface area contributed by atoms with Crippen LogP contribution in [0.4, 0.5) is 4.79 Å². The van der Waals surface area contributed by atoms with E-state index in [-0.39, 0.29) is 6.09 Å². The number of carbonyl (C=O) groups is 1. The third-order valence-corrected chi connectivity index (χ3v) is 3.29. The third kappa shape index (κ3) is 4.92. The first-order chi connectivity index (χ1) is 9.83. The number of nitrogens with zero attached hydrogens (tertiary/aromatic N) is 2. The fraction of sp³-hybridized carbons (Fsp3) is 0.625. The number of amides is 1. The number of hydrogen-bond acceptors (Lipinski definition) is 4. The lowest BCUT2D eigenvalue weighted by Gasteiger charge is -2.24. The van der Waals surface area contributed by atoms with Gasteiger partial charge in [0, 0.05) is 31.3 Å². The molecule has 1 aromatic heterocycles. The maximum atomic E-state index is 12.0. The monoisotopic (exact) mass is 292 g/mol. The van der Waals surface area contributed by atoms with Crippen LogP contribution in [0.25, 0.3) is 0 Å². The average Bonchev–Trinajstić information content (AvgIpc) is 2.83. The first-order valence-electron chi connectivity index (χ1n) is 7.37. The molecule has 0 aromatic carbocycles. The van der Waals surface area contributed by atoms with Crippen LogP contribution in [-0.2, 0) is 4.74 Å². The zero-order valence-electron chi connectivity index (χ0n) is 13.3. The number of ether oxygens (including phenoxy) is 2. The minimum absolute atomic E-state index is 0.237. The summed E-state index contributed by atoms with van der Waals surface area (Å²) in [7, 11) is 0. The van der Waals surface area contributed by atoms with E-state index in [0.717, 1.165) is 18.5 Å². The molecule has 1 saturated heterocycles. The van der Waals surface area contributed by atoms with Crippen molar-refractivity contribution in [1.29, 1.82) is 0 Å². The highest BCUT2D eigenvalue weighted by Crippen LogP contribution is 2.20. The molecule has 116 valence electrons. The fourth-order valence-electron chi connectivity index (χ4n) is 2.25. The van der Waals surface area contributed by atoms with E-state index in [1.807, 2.05) is 39.8 Å². The van der Waals surface area contributed by atoms with Crippen molar-refractivity contribution >= 4 is 6.09 Å². The largest absolute Gasteiger partial charge is 0.477 e. The Morgan fingerprint density at radius 2 is 2.24 bits per heavy atom. The van der Waals surface area contributed by atoms with Gasteiger partial charge in [-0.15, -0.1) is 0 Å². The van der Waals surface area contributed by atoms with Gasteiger partial charge < -0.3 is 14.4 Å². The zero-order chi connectivity index (χ0) is 15.5. The van der Waals surface area contributed by atoms with E-state index in [9.17, 15) is 4.79 Å². The van der Waals surface area contributed by atoms with Crippen LogP contribution in [0.2, 0.25) is 0 Å². The molecule has 5 nitrogen and oxygen atoms in total. The van der Waals surface area contributed by atoms with Gasteiger partial charge in [-0.05, 0) is 45.7 Å². The summed E-state index contributed by atoms with van der Waals surface area (Å²) in [6.45, 7) is 9.63. The molecule has 1 aliphatic rings. The number of aromatic nitrogens is 1. The Bertz CT molecular complexity index is 497. The molecule has 1 atom stereocenters. The Morgan fingerprint density at radius 1 is 1.48 bits per heavy atom. The molecular formula is C16H24N2O3. The van der Waals surface area contributed by atoms with Gasteiger partial charge in [0.15, 0.2) is 0 Å². The summed E-state index contributed by atoms with van der Waals surface area (Å²) in [4.78, 5) is 17.9. The number of aryl methyl sites for hydroxylation is 1. The first kappa shape index (κ1) is 15.6. The van der Waals surface area contributed by atoms with Crippen molar-refractivity contribution in [2.45, 2.75) is 39.7 Å². The topological polar surface area (TPSA) is 51.7 Å². The molecule has 2 heterocycles. The van der Waals surface area contributed by atoms with Crippen LogP contribution >= 0.6 is 0 Å². The molecule has 2 rings (SSSR count). The van der Waals surface area contributed by atoms with Crippen LogP contribution in [0.3, 0.4) is 0 Å². The van der Waals surface area contributed by atoms with Crippen LogP contribution in [0.15, 0.2) is 18.3 Å². The molecule has 1 amide bonds. The Morgan fingerprint density at radius 3 is 2.90 bits per heavy atom. The van der Waals surface area contributed by atoms with Gasteiger partial charge in [0.25, 0.3) is 0 Å². The molecule has 1 aromatic rings. The maximum Gasteiger partial charge on any atom is 0.410 e. The molecule has 1 fully saturated rings. The Balaban J connectivity index is 1.79. The molecule has 21 heavy (non-hydrogen) atoms. The highest BCUT2D eigenvalue weighted by atomic mass is 16.6. The van der Waals surface area contributed by atoms with Gasteiger partial charge in [-0.1, -0.05) is 0 Å². The Hall–Kier alpha value is -1.78. The van der Waals surface area contributed by atoms with E-state index in [1.54, 1.807) is 11.1 Å². The number of rotatable bonds is 3. The van der Waals surface area contributed by atoms with E-state index in [4.69, 9.17) is 9.47 Å². The molecule has 0 radical (unpaired) electrons.